The number of β-amino-alcohol motifs (C(OH)–C–C–N with tert-alkyl or cyclic N) is 1. The molecule has 3 aromatic carbocycles. The fourth-order valence-corrected chi connectivity index (χ4v) is 11.2. The topological polar surface area (TPSA) is 506 Å². The molecule has 4 heterocycles. The van der Waals surface area contributed by atoms with Crippen LogP contribution in [0.5, 0.6) is 17.2 Å². The van der Waals surface area contributed by atoms with E-state index < -0.39 is 188 Å². The van der Waals surface area contributed by atoms with Crippen molar-refractivity contribution in [2.45, 2.75) is 138 Å². The smallest absolute Gasteiger partial charge is 0.691 e. The normalized spacial score (nSPS) is 24.8. The summed E-state index contributed by atoms with van der Waals surface area (Å²) in [7, 11) is 0. The molecule has 0 spiro atoms. The number of amides is 9. The number of primary amides is 1. The van der Waals surface area contributed by atoms with E-state index in [4.69, 9.17) is 14.7 Å². The van der Waals surface area contributed by atoms with Gasteiger partial charge >= 0.3 is 29.6 Å². The number of hydrogen-bond acceptors (Lipinski definition) is 26. The van der Waals surface area contributed by atoms with E-state index in [-0.39, 0.29) is 63.7 Å². The monoisotopic (exact) mass is 1340 g/mol. The summed E-state index contributed by atoms with van der Waals surface area (Å²) < 4.78 is 14.8. The number of aliphatic hydroxyl groups excluding tert-OH is 7. The maximum atomic E-state index is 14.7. The first-order valence-electron chi connectivity index (χ1n) is 28.6. The molecule has 4 aromatic rings. The van der Waals surface area contributed by atoms with E-state index in [0.717, 1.165) is 66.2 Å². The molecule has 0 saturated carbocycles. The van der Waals surface area contributed by atoms with Gasteiger partial charge < -0.3 is 97.1 Å². The van der Waals surface area contributed by atoms with E-state index in [9.17, 15) is 89.3 Å². The van der Waals surface area contributed by atoms with Gasteiger partial charge in [-0.25, -0.2) is 0 Å². The number of ether oxygens (including phenoxy) is 1. The van der Waals surface area contributed by atoms with Gasteiger partial charge in [-0.15, -0.1) is 14.5 Å². The molecular formula is C56H70N11NaO22S2. The van der Waals surface area contributed by atoms with Crippen molar-refractivity contribution >= 4 is 82.0 Å². The Morgan fingerprint density at radius 3 is 2.11 bits per heavy atom. The predicted molar refractivity (Wildman–Crippen MR) is 313 cm³/mol. The number of aliphatic hydroxyl groups is 7. The third-order valence-electron chi connectivity index (χ3n) is 15.1. The molecule has 0 bridgehead atoms. The first kappa shape index (κ1) is 73.8. The molecule has 14 atom stereocenters. The Labute approximate surface area is 555 Å². The Morgan fingerprint density at radius 1 is 0.804 bits per heavy atom. The van der Waals surface area contributed by atoms with Crippen molar-refractivity contribution in [1.29, 1.82) is 0 Å². The Bertz CT molecular complexity index is 3250. The first-order chi connectivity index (χ1) is 43.3. The van der Waals surface area contributed by atoms with E-state index >= 15 is 0 Å². The summed E-state index contributed by atoms with van der Waals surface area (Å²) >= 11 is 1.00. The molecule has 3 fully saturated rings. The van der Waals surface area contributed by atoms with Crippen molar-refractivity contribution in [1.82, 2.24) is 46.6 Å². The van der Waals surface area contributed by atoms with E-state index in [1.54, 1.807) is 24.3 Å². The molecule has 14 unspecified atom stereocenters. The second kappa shape index (κ2) is 34.1. The van der Waals surface area contributed by atoms with Crippen molar-refractivity contribution < 1.29 is 137 Å². The number of rotatable bonds is 21. The van der Waals surface area contributed by atoms with Crippen LogP contribution in [0.4, 0.5) is 5.13 Å². The van der Waals surface area contributed by atoms with Gasteiger partial charge in [-0.2, -0.15) is 0 Å². The number of nitrogens with zero attached hydrogens (tertiary/aromatic N) is 4. The Hall–Kier alpha value is -7.20. The number of benzene rings is 3. The predicted octanol–water partition coefficient (Wildman–Crippen LogP) is -6.78. The van der Waals surface area contributed by atoms with Crippen LogP contribution in [-0.2, 0) is 42.9 Å². The number of phenolic OH excluding ortho intramolecular Hbond substituents is 1. The van der Waals surface area contributed by atoms with Crippen molar-refractivity contribution in [3.8, 4) is 27.8 Å². The summed E-state index contributed by atoms with van der Waals surface area (Å²) in [6, 6.07) is 2.58. The third-order valence-corrected chi connectivity index (χ3v) is 16.4. The van der Waals surface area contributed by atoms with E-state index in [0.29, 0.717) is 22.3 Å². The summed E-state index contributed by atoms with van der Waals surface area (Å²) in [5.74, 6) is -12.3. The minimum atomic E-state index is -2.55. The van der Waals surface area contributed by atoms with Gasteiger partial charge in [0.2, 0.25) is 46.5 Å². The van der Waals surface area contributed by atoms with E-state index in [1.807, 2.05) is 0 Å². The molecule has 36 heteroatoms. The number of carbonyl (C=O) groups is 9. The number of aromatic hydroxyl groups is 1. The van der Waals surface area contributed by atoms with Crippen LogP contribution >= 0.6 is 23.7 Å². The number of phenols is 1. The summed E-state index contributed by atoms with van der Waals surface area (Å²) in [6.07, 6.45) is -13.4. The largest absolute Gasteiger partial charge is 1.00 e. The summed E-state index contributed by atoms with van der Waals surface area (Å²) in [5.41, 5.74) is 5.63. The maximum Gasteiger partial charge on any atom is 1.00 e. The fourth-order valence-electron chi connectivity index (χ4n) is 10.2. The average molecular weight is 1340 g/mol. The second-order valence-corrected chi connectivity index (χ2v) is 23.3. The van der Waals surface area contributed by atoms with Crippen LogP contribution < -0.4 is 81.4 Å². The van der Waals surface area contributed by atoms with Crippen molar-refractivity contribution in [3.05, 3.63) is 83.4 Å². The van der Waals surface area contributed by atoms with Crippen LogP contribution in [0.1, 0.15) is 91.7 Å². The molecule has 0 aliphatic carbocycles. The summed E-state index contributed by atoms with van der Waals surface area (Å²) in [6.45, 7) is 3.23. The summed E-state index contributed by atoms with van der Waals surface area (Å²) in [4.78, 5) is 128. The molecule has 1 aromatic heterocycles. The molecule has 9 amide bonds. The number of nitrogens with one attached hydrogen (secondary N) is 6. The Balaban J connectivity index is 0.0000134. The first-order valence-corrected chi connectivity index (χ1v) is 30.0. The van der Waals surface area contributed by atoms with Crippen LogP contribution in [0.2, 0.25) is 0 Å². The molecule has 3 aliphatic rings. The number of nitrogens with two attached hydrogens (primary N) is 1. The van der Waals surface area contributed by atoms with Gasteiger partial charge in [-0.1, -0.05) is 44.1 Å². The molecule has 7 rings (SSSR count). The van der Waals surface area contributed by atoms with Crippen molar-refractivity contribution in [2.75, 3.05) is 31.6 Å². The molecule has 92 heavy (non-hydrogen) atoms. The number of unbranched alkanes of at least 4 members (excludes halogenated alkanes) is 2. The minimum Gasteiger partial charge on any atom is -0.691 e. The number of fused-ring (bicyclic) bond motifs is 2. The zero-order valence-corrected chi connectivity index (χ0v) is 53.6. The van der Waals surface area contributed by atoms with Crippen LogP contribution in [0.15, 0.2) is 66.7 Å². The molecule has 494 valence electrons. The van der Waals surface area contributed by atoms with Crippen LogP contribution in [0, 0.1) is 5.92 Å². The second-order valence-electron chi connectivity index (χ2n) is 21.9. The number of carbonyl (C=O) groups excluding carboxylic acids is 9. The van der Waals surface area contributed by atoms with Gasteiger partial charge in [-0.3, -0.25) is 53.5 Å². The Morgan fingerprint density at radius 2 is 1.46 bits per heavy atom. The van der Waals surface area contributed by atoms with Gasteiger partial charge in [0.25, 0.3) is 24.1 Å². The van der Waals surface area contributed by atoms with Gasteiger partial charge in [0.15, 0.2) is 11.5 Å². The van der Waals surface area contributed by atoms with Gasteiger partial charge in [0, 0.05) is 55.1 Å². The molecule has 16 N–H and O–H groups in total. The number of anilines is 1. The maximum absolute atomic E-state index is 14.7. The zero-order chi connectivity index (χ0) is 66.4. The zero-order valence-electron chi connectivity index (χ0n) is 50.0. The van der Waals surface area contributed by atoms with Crippen molar-refractivity contribution in [3.63, 3.8) is 0 Å². The SMILES string of the molecule is CCCCCOc1ccc(-c2nnc(NC(=O)c3ccc(C(=O)NC4CC(O)CNC(=O)C5C(O)C(C)CN5C(=O)C(C(O)CC(N)=O)NC(=O)C(C(O)C(O)c5ccc(O)c(OSOO[O-])c5)NC(=O)C5CC(O)CN5C(=O)C(C(C)O)NC4=O)cc3)s2)cc1.[Na+]. The van der Waals surface area contributed by atoms with Gasteiger partial charge in [0.1, 0.15) is 59.2 Å². The molecular weight excluding hydrogens is 1270 g/mol. The Kier molecular flexibility index (Phi) is 27.4. The fraction of sp³-hybridized carbons (Fsp3) is 0.482. The number of aromatic nitrogens is 2. The number of hydrogen-bond donors (Lipinski definition) is 15. The van der Waals surface area contributed by atoms with Gasteiger partial charge in [0.05, 0.1) is 43.5 Å². The van der Waals surface area contributed by atoms with Crippen molar-refractivity contribution in [2.24, 2.45) is 11.7 Å². The van der Waals surface area contributed by atoms with Crippen LogP contribution in [0.25, 0.3) is 10.6 Å². The molecule has 0 radical (unpaired) electrons. The molecule has 3 saturated heterocycles. The van der Waals surface area contributed by atoms with E-state index in [2.05, 4.69) is 58.4 Å². The minimum absolute atomic E-state index is 0. The molecule has 33 nitrogen and oxygen atoms in total. The quantitative estimate of drug-likeness (QED) is 0.0121. The van der Waals surface area contributed by atoms with Crippen LogP contribution in [-0.4, -0.2) is 213 Å². The summed E-state index contributed by atoms with van der Waals surface area (Å²) in [5, 5.41) is 127. The van der Waals surface area contributed by atoms with E-state index in [1.165, 1.54) is 31.2 Å². The third kappa shape index (κ3) is 19.0. The van der Waals surface area contributed by atoms with Gasteiger partial charge in [-0.05, 0) is 79.6 Å². The molecule has 3 aliphatic heterocycles. The average Bonchev–Trinajstić information content (AvgIpc) is 1.60. The standard InChI is InChI=1S/C56H71N11O22S2.Na/c1-4-5-6-17-86-33-14-11-29(12-15-33)53-64-65-56(90-53)63-48(78)28-9-7-27(8-10-28)47(77)59-34-19-31(69)22-58-52(82)43-44(74)25(2)23-67(43)55(84)41(37(72)21-39(57)73)61-51(81)42(46(76)45(75)30-13-16-36(71)38(18-30)87-91-89-88-85)62-50(80)35-20-32(70)24-66(35)54(83)40(26(3)68)60-49(34)79;/h7-16,18,25-26,31-32,34-35,37,40-46,68-72,74-76,85H,4-6,17,19-24H2,1-3H3,(H2,57,73)(H,58,82)(H,59,77)(H,60,79)(H,61,81)(H,62,80)(H,63,65,78);/q;+1/p-1. The van der Waals surface area contributed by atoms with Crippen LogP contribution in [0.3, 0.4) is 0 Å².